The third-order valence-corrected chi connectivity index (χ3v) is 7.25. The Morgan fingerprint density at radius 2 is 1.97 bits per heavy atom. The summed E-state index contributed by atoms with van der Waals surface area (Å²) >= 11 is 0. The van der Waals surface area contributed by atoms with Gasteiger partial charge in [0.15, 0.2) is 5.82 Å². The summed E-state index contributed by atoms with van der Waals surface area (Å²) in [5.74, 6) is -1.40. The molecule has 34 heavy (non-hydrogen) atoms. The van der Waals surface area contributed by atoms with E-state index in [1.165, 1.54) is 12.3 Å². The van der Waals surface area contributed by atoms with Gasteiger partial charge in [-0.3, -0.25) is 4.72 Å². The number of carboxylic acid groups (broad SMARTS) is 1. The number of nitrogens with one attached hydrogen (secondary N) is 1. The van der Waals surface area contributed by atoms with Crippen molar-refractivity contribution in [3.63, 3.8) is 0 Å². The molecule has 9 nitrogen and oxygen atoms in total. The number of aromatic carboxylic acids is 1. The molecule has 2 heterocycles. The molecule has 2 N–H and O–H groups in total. The van der Waals surface area contributed by atoms with E-state index in [2.05, 4.69) is 21.7 Å². The smallest absolute Gasteiger partial charge is 0.337 e. The number of sulfonamides is 1. The molecule has 2 aromatic rings. The van der Waals surface area contributed by atoms with E-state index in [1.807, 2.05) is 11.8 Å². The lowest BCUT2D eigenvalue weighted by molar-refractivity contribution is 0.0696. The number of anilines is 2. The maximum absolute atomic E-state index is 13.2. The molecule has 0 radical (unpaired) electrons. The van der Waals surface area contributed by atoms with Gasteiger partial charge in [-0.25, -0.2) is 22.6 Å². The summed E-state index contributed by atoms with van der Waals surface area (Å²) in [4.78, 5) is 19.9. The third-order valence-electron chi connectivity index (χ3n) is 5.87. The Morgan fingerprint density at radius 1 is 1.29 bits per heavy atom. The van der Waals surface area contributed by atoms with Gasteiger partial charge in [0, 0.05) is 45.1 Å². The van der Waals surface area contributed by atoms with Crippen molar-refractivity contribution >= 4 is 27.5 Å². The number of piperidine rings is 1. The zero-order valence-electron chi connectivity index (χ0n) is 19.4. The van der Waals surface area contributed by atoms with Crippen molar-refractivity contribution in [2.75, 3.05) is 49.5 Å². The number of carbonyl (C=O) groups is 1. The van der Waals surface area contributed by atoms with E-state index in [0.717, 1.165) is 56.7 Å². The van der Waals surface area contributed by atoms with Gasteiger partial charge in [-0.1, -0.05) is 0 Å². The van der Waals surface area contributed by atoms with Crippen LogP contribution in [0.1, 0.15) is 36.5 Å². The Kier molecular flexibility index (Phi) is 8.81. The van der Waals surface area contributed by atoms with Crippen LogP contribution >= 0.6 is 0 Å². The first-order valence-corrected chi connectivity index (χ1v) is 12.7. The van der Waals surface area contributed by atoms with E-state index in [1.54, 1.807) is 0 Å². The maximum atomic E-state index is 13.2. The first kappa shape index (κ1) is 25.9. The van der Waals surface area contributed by atoms with Crippen LogP contribution in [0.2, 0.25) is 0 Å². The average Bonchev–Trinajstić information content (AvgIpc) is 2.82. The Bertz CT molecular complexity index is 1070. The molecular weight excluding hydrogens is 463 g/mol. The highest BCUT2D eigenvalue weighted by Gasteiger charge is 2.26. The minimum atomic E-state index is -4.07. The van der Waals surface area contributed by atoms with Gasteiger partial charge in [-0.15, -0.1) is 0 Å². The Labute approximate surface area is 199 Å². The Hall–Kier alpha value is -2.76. The number of rotatable bonds is 11. The van der Waals surface area contributed by atoms with Gasteiger partial charge >= 0.3 is 5.97 Å². The number of aromatic nitrogens is 1. The molecular formula is C23H31FN4O5S. The quantitative estimate of drug-likeness (QED) is 0.459. The number of ether oxygens (including phenoxy) is 1. The molecule has 0 bridgehead atoms. The van der Waals surface area contributed by atoms with E-state index in [9.17, 15) is 22.7 Å². The van der Waals surface area contributed by atoms with Crippen LogP contribution in [0.25, 0.3) is 0 Å². The molecule has 0 amide bonds. The van der Waals surface area contributed by atoms with Crippen LogP contribution in [0.5, 0.6) is 0 Å². The molecule has 0 aliphatic carbocycles. The van der Waals surface area contributed by atoms with Crippen LogP contribution in [0, 0.1) is 5.82 Å². The van der Waals surface area contributed by atoms with E-state index < -0.39 is 21.8 Å². The summed E-state index contributed by atoms with van der Waals surface area (Å²) in [5.41, 5.74) is -0.0581. The van der Waals surface area contributed by atoms with Crippen molar-refractivity contribution in [3.8, 4) is 0 Å². The standard InChI is InChI=1S/C23H31FN4O5S/c1-3-33-14-4-11-27(2)19-9-12-28(13-10-19)22-21(15-17(16-25-22)23(29)30)26-34(31,32)20-7-5-18(24)6-8-20/h5-8,15-16,19,26H,3-4,9-14H2,1-2H3,(H,29,30). The van der Waals surface area contributed by atoms with E-state index in [4.69, 9.17) is 4.74 Å². The first-order chi connectivity index (χ1) is 16.2. The lowest BCUT2D eigenvalue weighted by Crippen LogP contribution is -2.44. The second kappa shape index (κ2) is 11.6. The number of nitrogens with zero attached hydrogens (tertiary/aromatic N) is 3. The third kappa shape index (κ3) is 6.64. The largest absolute Gasteiger partial charge is 0.478 e. The van der Waals surface area contributed by atoms with Crippen molar-refractivity contribution in [2.24, 2.45) is 0 Å². The van der Waals surface area contributed by atoms with Gasteiger partial charge in [0.05, 0.1) is 16.1 Å². The number of carboxylic acids is 1. The number of hydrogen-bond donors (Lipinski definition) is 2. The number of halogens is 1. The Morgan fingerprint density at radius 3 is 2.59 bits per heavy atom. The minimum Gasteiger partial charge on any atom is -0.478 e. The van der Waals surface area contributed by atoms with E-state index in [-0.39, 0.29) is 16.1 Å². The molecule has 0 atom stereocenters. The van der Waals surface area contributed by atoms with Crippen molar-refractivity contribution in [3.05, 3.63) is 47.9 Å². The predicted octanol–water partition coefficient (Wildman–Crippen LogP) is 3.05. The van der Waals surface area contributed by atoms with Gasteiger partial charge in [0.25, 0.3) is 10.0 Å². The minimum absolute atomic E-state index is 0.0766. The summed E-state index contributed by atoms with van der Waals surface area (Å²) < 4.78 is 46.8. The lowest BCUT2D eigenvalue weighted by Gasteiger charge is -2.38. The highest BCUT2D eigenvalue weighted by atomic mass is 32.2. The van der Waals surface area contributed by atoms with E-state index >= 15 is 0 Å². The molecule has 11 heteroatoms. The molecule has 1 aliphatic heterocycles. The van der Waals surface area contributed by atoms with Crippen molar-refractivity contribution in [1.29, 1.82) is 0 Å². The molecule has 1 aromatic carbocycles. The summed E-state index contributed by atoms with van der Waals surface area (Å²) in [6.07, 6.45) is 3.90. The zero-order chi connectivity index (χ0) is 24.7. The Balaban J connectivity index is 1.75. The van der Waals surface area contributed by atoms with Crippen LogP contribution in [-0.4, -0.2) is 75.3 Å². The fourth-order valence-corrected chi connectivity index (χ4v) is 5.03. The molecule has 1 saturated heterocycles. The number of hydrogen-bond acceptors (Lipinski definition) is 7. The number of benzene rings is 1. The fraction of sp³-hybridized carbons (Fsp3) is 0.478. The molecule has 0 spiro atoms. The summed E-state index contributed by atoms with van der Waals surface area (Å²) in [5, 5.41) is 9.37. The topological polar surface area (TPSA) is 112 Å². The van der Waals surface area contributed by atoms with Crippen molar-refractivity contribution in [2.45, 2.75) is 37.1 Å². The number of pyridine rings is 1. The molecule has 1 aliphatic rings. The van der Waals surface area contributed by atoms with Crippen LogP contribution in [0.3, 0.4) is 0 Å². The van der Waals surface area contributed by atoms with Gasteiger partial charge in [0.2, 0.25) is 0 Å². The van der Waals surface area contributed by atoms with E-state index in [0.29, 0.717) is 31.6 Å². The van der Waals surface area contributed by atoms with Gasteiger partial charge in [-0.05, 0) is 63.6 Å². The molecule has 0 saturated carbocycles. The fourth-order valence-electron chi connectivity index (χ4n) is 3.98. The second-order valence-electron chi connectivity index (χ2n) is 8.21. The van der Waals surface area contributed by atoms with Crippen LogP contribution in [-0.2, 0) is 14.8 Å². The molecule has 1 fully saturated rings. The summed E-state index contributed by atoms with van der Waals surface area (Å²) in [7, 11) is -1.98. The SMILES string of the molecule is CCOCCCN(C)C1CCN(c2ncc(C(=O)O)cc2NS(=O)(=O)c2ccc(F)cc2)CC1. The van der Waals surface area contributed by atoms with Gasteiger partial charge in [-0.2, -0.15) is 0 Å². The average molecular weight is 495 g/mol. The summed E-state index contributed by atoms with van der Waals surface area (Å²) in [6.45, 7) is 5.64. The molecule has 3 rings (SSSR count). The molecule has 1 aromatic heterocycles. The normalized spacial score (nSPS) is 15.0. The second-order valence-corrected chi connectivity index (χ2v) is 9.89. The maximum Gasteiger partial charge on any atom is 0.337 e. The zero-order valence-corrected chi connectivity index (χ0v) is 20.2. The van der Waals surface area contributed by atoms with Crippen molar-refractivity contribution < 1.29 is 27.4 Å². The van der Waals surface area contributed by atoms with Crippen LogP contribution < -0.4 is 9.62 Å². The van der Waals surface area contributed by atoms with Crippen molar-refractivity contribution in [1.82, 2.24) is 9.88 Å². The molecule has 0 unspecified atom stereocenters. The first-order valence-electron chi connectivity index (χ1n) is 11.3. The van der Waals surface area contributed by atoms with Crippen LogP contribution in [0.15, 0.2) is 41.4 Å². The highest BCUT2D eigenvalue weighted by Crippen LogP contribution is 2.30. The monoisotopic (exact) mass is 494 g/mol. The lowest BCUT2D eigenvalue weighted by atomic mass is 10.0. The van der Waals surface area contributed by atoms with Gasteiger partial charge < -0.3 is 19.6 Å². The molecule has 186 valence electrons. The summed E-state index contributed by atoms with van der Waals surface area (Å²) in [6, 6.07) is 6.05. The van der Waals surface area contributed by atoms with Crippen LogP contribution in [0.4, 0.5) is 15.9 Å². The highest BCUT2D eigenvalue weighted by molar-refractivity contribution is 7.92. The van der Waals surface area contributed by atoms with Gasteiger partial charge in [0.1, 0.15) is 5.82 Å². The predicted molar refractivity (Wildman–Crippen MR) is 127 cm³/mol.